The number of carbonyl (C=O) groups is 2. The molecule has 0 bridgehead atoms. The van der Waals surface area contributed by atoms with Crippen molar-refractivity contribution in [3.05, 3.63) is 11.8 Å². The summed E-state index contributed by atoms with van der Waals surface area (Å²) >= 11 is 1.20. The predicted octanol–water partition coefficient (Wildman–Crippen LogP) is 0.152. The molecule has 1 saturated heterocycles. The number of nitrogens with one attached hydrogen (secondary N) is 3. The van der Waals surface area contributed by atoms with Crippen LogP contribution in [0.25, 0.3) is 0 Å². The molecule has 3 N–H and O–H groups in total. The molecule has 2 aliphatic heterocycles. The van der Waals surface area contributed by atoms with Gasteiger partial charge in [0, 0.05) is 17.5 Å². The van der Waals surface area contributed by atoms with E-state index in [1.165, 1.54) is 17.8 Å². The van der Waals surface area contributed by atoms with E-state index in [-0.39, 0.29) is 17.3 Å². The smallest absolute Gasteiger partial charge is 0.320 e. The number of carbonyl (C=O) groups excluding carboxylic acids is 2. The van der Waals surface area contributed by atoms with Crippen LogP contribution in [0.4, 0.5) is 4.79 Å². The summed E-state index contributed by atoms with van der Waals surface area (Å²) in [4.78, 5) is 22.3. The fourth-order valence-electron chi connectivity index (χ4n) is 1.59. The van der Waals surface area contributed by atoms with Gasteiger partial charge < -0.3 is 10.6 Å². The van der Waals surface area contributed by atoms with Crippen LogP contribution < -0.4 is 16.0 Å². The molecule has 2 amide bonds. The Kier molecular flexibility index (Phi) is 3.27. The van der Waals surface area contributed by atoms with E-state index >= 15 is 0 Å². The van der Waals surface area contributed by atoms with E-state index in [4.69, 9.17) is 0 Å². The molecular formula is C9H13N3O2S. The Morgan fingerprint density at radius 2 is 2.47 bits per heavy atom. The third-order valence-electron chi connectivity index (χ3n) is 2.30. The minimum absolute atomic E-state index is 0.00397. The summed E-state index contributed by atoms with van der Waals surface area (Å²) in [5.41, 5.74) is 0.681. The van der Waals surface area contributed by atoms with Crippen LogP contribution in [0, 0.1) is 0 Å². The molecule has 5 nitrogen and oxygen atoms in total. The van der Waals surface area contributed by atoms with E-state index in [9.17, 15) is 9.59 Å². The largest absolute Gasteiger partial charge is 0.323 e. The van der Waals surface area contributed by atoms with Crippen LogP contribution in [0.15, 0.2) is 11.8 Å². The number of amides is 2. The van der Waals surface area contributed by atoms with Crippen LogP contribution in [-0.4, -0.2) is 29.6 Å². The second kappa shape index (κ2) is 4.67. The summed E-state index contributed by atoms with van der Waals surface area (Å²) in [5.74, 6) is 0.560. The van der Waals surface area contributed by atoms with Gasteiger partial charge in [-0.15, -0.1) is 0 Å². The molecule has 0 radical (unpaired) electrons. The zero-order valence-electron chi connectivity index (χ0n) is 8.21. The molecule has 0 saturated carbocycles. The van der Waals surface area contributed by atoms with Crippen LogP contribution in [-0.2, 0) is 4.79 Å². The molecule has 2 heterocycles. The lowest BCUT2D eigenvalue weighted by atomic mass is 10.3. The first-order valence-electron chi connectivity index (χ1n) is 4.92. The highest BCUT2D eigenvalue weighted by atomic mass is 32.2. The van der Waals surface area contributed by atoms with Crippen molar-refractivity contribution >= 4 is 22.9 Å². The molecule has 0 aromatic carbocycles. The van der Waals surface area contributed by atoms with Gasteiger partial charge in [0.2, 0.25) is 5.12 Å². The quantitative estimate of drug-likeness (QED) is 0.628. The van der Waals surface area contributed by atoms with Crippen LogP contribution >= 0.6 is 11.8 Å². The lowest BCUT2D eigenvalue weighted by Crippen LogP contribution is -2.46. The molecule has 0 aromatic rings. The van der Waals surface area contributed by atoms with Crippen LogP contribution in [0.5, 0.6) is 0 Å². The van der Waals surface area contributed by atoms with Gasteiger partial charge in [-0.25, -0.2) is 4.79 Å². The van der Waals surface area contributed by atoms with Gasteiger partial charge in [-0.05, 0) is 19.4 Å². The Morgan fingerprint density at radius 1 is 1.60 bits per heavy atom. The highest BCUT2D eigenvalue weighted by Gasteiger charge is 2.18. The number of thioether (sulfide) groups is 1. The summed E-state index contributed by atoms with van der Waals surface area (Å²) in [6.45, 7) is 0.946. The predicted molar refractivity (Wildman–Crippen MR) is 58.2 cm³/mol. The monoisotopic (exact) mass is 227 g/mol. The summed E-state index contributed by atoms with van der Waals surface area (Å²) < 4.78 is 0. The number of hydrogen-bond acceptors (Lipinski definition) is 4. The highest BCUT2D eigenvalue weighted by molar-refractivity contribution is 8.14. The summed E-state index contributed by atoms with van der Waals surface area (Å²) in [5, 5.41) is 8.63. The fraction of sp³-hybridized carbons (Fsp3) is 0.556. The first-order valence-corrected chi connectivity index (χ1v) is 5.91. The molecule has 6 heteroatoms. The van der Waals surface area contributed by atoms with E-state index in [1.54, 1.807) is 0 Å². The lowest BCUT2D eigenvalue weighted by Gasteiger charge is -2.13. The van der Waals surface area contributed by atoms with Crippen molar-refractivity contribution in [1.82, 2.24) is 16.0 Å². The number of urea groups is 1. The Bertz CT molecular complexity index is 310. The van der Waals surface area contributed by atoms with Crippen molar-refractivity contribution in [3.8, 4) is 0 Å². The third-order valence-corrected chi connectivity index (χ3v) is 3.16. The zero-order chi connectivity index (χ0) is 10.7. The average Bonchev–Trinajstić information content (AvgIpc) is 2.77. The maximum absolute atomic E-state index is 11.4. The van der Waals surface area contributed by atoms with E-state index < -0.39 is 0 Å². The average molecular weight is 227 g/mol. The summed E-state index contributed by atoms with van der Waals surface area (Å²) in [6.07, 6.45) is 3.57. The van der Waals surface area contributed by atoms with Gasteiger partial charge in [0.25, 0.3) is 0 Å². The molecule has 1 atom stereocenters. The topological polar surface area (TPSA) is 70.2 Å². The summed E-state index contributed by atoms with van der Waals surface area (Å²) in [7, 11) is 0. The zero-order valence-corrected chi connectivity index (χ0v) is 9.02. The fourth-order valence-corrected chi connectivity index (χ4v) is 2.27. The third kappa shape index (κ3) is 2.97. The second-order valence-electron chi connectivity index (χ2n) is 3.52. The first-order chi connectivity index (χ1) is 7.24. The molecule has 0 aliphatic carbocycles. The lowest BCUT2D eigenvalue weighted by molar-refractivity contribution is -0.106. The van der Waals surface area contributed by atoms with Crippen molar-refractivity contribution in [2.75, 3.05) is 12.3 Å². The Balaban J connectivity index is 1.77. The summed E-state index contributed by atoms with van der Waals surface area (Å²) in [6, 6.07) is -0.240. The standard InChI is InChI=1S/C9H13N3O2S/c13-8-4-6(5-15-8)11-9(14)12-7-2-1-3-10-7/h4,7,10H,1-3,5H2,(H2,11,12,14). The van der Waals surface area contributed by atoms with Gasteiger partial charge >= 0.3 is 6.03 Å². The Hall–Kier alpha value is -1.01. The van der Waals surface area contributed by atoms with Crippen LogP contribution in [0.2, 0.25) is 0 Å². The van der Waals surface area contributed by atoms with E-state index in [2.05, 4.69) is 16.0 Å². The maximum atomic E-state index is 11.4. The minimum atomic E-state index is -0.240. The SMILES string of the molecule is O=C(NC1=CC(=O)SC1)NC1CCCN1. The molecule has 2 aliphatic rings. The Morgan fingerprint density at radius 3 is 3.07 bits per heavy atom. The van der Waals surface area contributed by atoms with Gasteiger partial charge in [-0.3, -0.25) is 10.1 Å². The van der Waals surface area contributed by atoms with Gasteiger partial charge in [-0.1, -0.05) is 11.8 Å². The van der Waals surface area contributed by atoms with Gasteiger partial charge in [-0.2, -0.15) is 0 Å². The molecule has 1 fully saturated rings. The molecule has 1 unspecified atom stereocenters. The molecular weight excluding hydrogens is 214 g/mol. The molecule has 2 rings (SSSR count). The molecule has 0 aromatic heterocycles. The Labute approximate surface area is 92.1 Å². The molecule has 82 valence electrons. The molecule has 15 heavy (non-hydrogen) atoms. The number of hydrogen-bond donors (Lipinski definition) is 3. The normalized spacial score (nSPS) is 25.2. The van der Waals surface area contributed by atoms with Crippen LogP contribution in [0.3, 0.4) is 0 Å². The van der Waals surface area contributed by atoms with Crippen molar-refractivity contribution in [3.63, 3.8) is 0 Å². The van der Waals surface area contributed by atoms with E-state index in [1.807, 2.05) is 0 Å². The first kappa shape index (κ1) is 10.5. The van der Waals surface area contributed by atoms with E-state index in [0.29, 0.717) is 11.4 Å². The van der Waals surface area contributed by atoms with Crippen molar-refractivity contribution in [1.29, 1.82) is 0 Å². The van der Waals surface area contributed by atoms with Gasteiger partial charge in [0.1, 0.15) is 0 Å². The maximum Gasteiger partial charge on any atom is 0.320 e. The van der Waals surface area contributed by atoms with Crippen LogP contribution in [0.1, 0.15) is 12.8 Å². The van der Waals surface area contributed by atoms with Gasteiger partial charge in [0.05, 0.1) is 6.17 Å². The minimum Gasteiger partial charge on any atom is -0.323 e. The highest BCUT2D eigenvalue weighted by Crippen LogP contribution is 2.16. The number of rotatable bonds is 2. The van der Waals surface area contributed by atoms with Crippen molar-refractivity contribution in [2.24, 2.45) is 0 Å². The van der Waals surface area contributed by atoms with Crippen molar-refractivity contribution in [2.45, 2.75) is 19.0 Å². The van der Waals surface area contributed by atoms with Crippen molar-refractivity contribution < 1.29 is 9.59 Å². The molecule has 0 spiro atoms. The second-order valence-corrected chi connectivity index (χ2v) is 4.50. The van der Waals surface area contributed by atoms with E-state index in [0.717, 1.165) is 19.4 Å². The van der Waals surface area contributed by atoms with Gasteiger partial charge in [0.15, 0.2) is 0 Å².